The molecule has 0 bridgehead atoms. The average molecular weight is 226 g/mol. The summed E-state index contributed by atoms with van der Waals surface area (Å²) in [5, 5.41) is 7.43. The van der Waals surface area contributed by atoms with E-state index in [1.165, 1.54) is 13.8 Å². The van der Waals surface area contributed by atoms with Gasteiger partial charge in [0, 0.05) is 13.8 Å². The van der Waals surface area contributed by atoms with Crippen molar-refractivity contribution in [3.05, 3.63) is 0 Å². The van der Waals surface area contributed by atoms with Crippen molar-refractivity contribution in [2.24, 2.45) is 10.3 Å². The van der Waals surface area contributed by atoms with E-state index in [-0.39, 0.29) is 0 Å². The Hall–Kier alpha value is -1.72. The number of hydrogen-bond acceptors (Lipinski definition) is 6. The quantitative estimate of drug-likeness (QED) is 0.526. The maximum atomic E-state index is 10.5. The fourth-order valence-corrected chi connectivity index (χ4v) is 1.27. The number of hydrogen-bond donors (Lipinski definition) is 0. The fraction of sp³-hybridized carbons (Fsp3) is 0.600. The van der Waals surface area contributed by atoms with E-state index in [0.29, 0.717) is 25.7 Å². The molecular weight excluding hydrogens is 212 g/mol. The SMILES string of the molecule is CC(=O)ON=C1CCC(=NOC(C)=O)CC1. The molecule has 1 rings (SSSR count). The van der Waals surface area contributed by atoms with E-state index in [9.17, 15) is 9.59 Å². The average Bonchev–Trinajstić information content (AvgIpc) is 2.25. The molecule has 0 aromatic rings. The largest absolute Gasteiger partial charge is 0.331 e. The van der Waals surface area contributed by atoms with E-state index in [1.807, 2.05) is 0 Å². The molecule has 1 fully saturated rings. The molecule has 0 heterocycles. The number of nitrogens with zero attached hydrogens (tertiary/aromatic N) is 2. The molecule has 0 aromatic heterocycles. The number of carbonyl (C=O) groups excluding carboxylic acids is 2. The van der Waals surface area contributed by atoms with Crippen LogP contribution in [-0.2, 0) is 19.3 Å². The summed E-state index contributed by atoms with van der Waals surface area (Å²) in [7, 11) is 0. The van der Waals surface area contributed by atoms with Gasteiger partial charge in [0.2, 0.25) is 0 Å². The zero-order valence-corrected chi connectivity index (χ0v) is 9.36. The Morgan fingerprint density at radius 3 is 1.44 bits per heavy atom. The minimum absolute atomic E-state index is 0.424. The standard InChI is InChI=1S/C10H14N2O4/c1-7(13)15-11-9-3-5-10(6-4-9)12-16-8(2)14/h3-6H2,1-2H3. The van der Waals surface area contributed by atoms with Crippen LogP contribution < -0.4 is 0 Å². The van der Waals surface area contributed by atoms with Crippen LogP contribution in [0.1, 0.15) is 39.5 Å². The number of oxime groups is 2. The molecule has 1 aliphatic carbocycles. The maximum absolute atomic E-state index is 10.5. The van der Waals surface area contributed by atoms with Crippen molar-refractivity contribution in [3.8, 4) is 0 Å². The maximum Gasteiger partial charge on any atom is 0.331 e. The van der Waals surface area contributed by atoms with Gasteiger partial charge in [-0.15, -0.1) is 0 Å². The summed E-state index contributed by atoms with van der Waals surface area (Å²) >= 11 is 0. The highest BCUT2D eigenvalue weighted by atomic mass is 16.7. The number of rotatable bonds is 2. The van der Waals surface area contributed by atoms with E-state index in [4.69, 9.17) is 0 Å². The third-order valence-corrected chi connectivity index (χ3v) is 2.01. The zero-order chi connectivity index (χ0) is 12.0. The van der Waals surface area contributed by atoms with Crippen molar-refractivity contribution >= 4 is 23.4 Å². The summed E-state index contributed by atoms with van der Waals surface area (Å²) in [4.78, 5) is 30.1. The molecule has 0 unspecified atom stereocenters. The molecule has 16 heavy (non-hydrogen) atoms. The van der Waals surface area contributed by atoms with E-state index in [2.05, 4.69) is 20.0 Å². The molecule has 0 aromatic carbocycles. The predicted molar refractivity (Wildman–Crippen MR) is 56.9 cm³/mol. The summed E-state index contributed by atoms with van der Waals surface area (Å²) < 4.78 is 0. The Morgan fingerprint density at radius 2 is 1.19 bits per heavy atom. The van der Waals surface area contributed by atoms with Gasteiger partial charge in [-0.05, 0) is 25.7 Å². The van der Waals surface area contributed by atoms with Crippen molar-refractivity contribution in [3.63, 3.8) is 0 Å². The minimum Gasteiger partial charge on any atom is -0.319 e. The predicted octanol–water partition coefficient (Wildman–Crippen LogP) is 1.40. The lowest BCUT2D eigenvalue weighted by molar-refractivity contribution is -0.142. The summed E-state index contributed by atoms with van der Waals surface area (Å²) in [6, 6.07) is 0. The second-order valence-corrected chi connectivity index (χ2v) is 3.48. The second kappa shape index (κ2) is 5.99. The summed E-state index contributed by atoms with van der Waals surface area (Å²) in [5.41, 5.74) is 1.66. The highest BCUT2D eigenvalue weighted by Crippen LogP contribution is 2.14. The Balaban J connectivity index is 2.39. The van der Waals surface area contributed by atoms with E-state index < -0.39 is 11.9 Å². The first kappa shape index (κ1) is 12.4. The van der Waals surface area contributed by atoms with Gasteiger partial charge < -0.3 is 9.68 Å². The topological polar surface area (TPSA) is 77.3 Å². The van der Waals surface area contributed by atoms with E-state index in [0.717, 1.165) is 11.4 Å². The molecule has 0 amide bonds. The molecule has 0 aliphatic heterocycles. The summed E-state index contributed by atoms with van der Waals surface area (Å²) in [5.74, 6) is -0.848. The first-order valence-electron chi connectivity index (χ1n) is 5.04. The highest BCUT2D eigenvalue weighted by Gasteiger charge is 2.14. The Bertz CT molecular complexity index is 301. The van der Waals surface area contributed by atoms with Crippen molar-refractivity contribution in [1.29, 1.82) is 0 Å². The van der Waals surface area contributed by atoms with Crippen LogP contribution in [0.5, 0.6) is 0 Å². The van der Waals surface area contributed by atoms with Crippen LogP contribution in [0.25, 0.3) is 0 Å². The van der Waals surface area contributed by atoms with Crippen molar-refractivity contribution in [2.75, 3.05) is 0 Å². The van der Waals surface area contributed by atoms with Gasteiger partial charge in [0.1, 0.15) is 0 Å². The van der Waals surface area contributed by atoms with Crippen molar-refractivity contribution in [1.82, 2.24) is 0 Å². The number of carbonyl (C=O) groups is 2. The molecule has 0 N–H and O–H groups in total. The van der Waals surface area contributed by atoms with Crippen LogP contribution in [0.4, 0.5) is 0 Å². The van der Waals surface area contributed by atoms with Crippen LogP contribution in [0, 0.1) is 0 Å². The van der Waals surface area contributed by atoms with Gasteiger partial charge in [0.15, 0.2) is 0 Å². The molecule has 1 aliphatic rings. The third kappa shape index (κ3) is 4.68. The van der Waals surface area contributed by atoms with Crippen LogP contribution >= 0.6 is 0 Å². The van der Waals surface area contributed by atoms with Gasteiger partial charge in [-0.2, -0.15) is 0 Å². The molecule has 88 valence electrons. The Kier molecular flexibility index (Phi) is 4.63. The second-order valence-electron chi connectivity index (χ2n) is 3.48. The van der Waals surface area contributed by atoms with Crippen LogP contribution in [0.15, 0.2) is 10.3 Å². The lowest BCUT2D eigenvalue weighted by Gasteiger charge is -2.13. The van der Waals surface area contributed by atoms with Crippen LogP contribution in [0.3, 0.4) is 0 Å². The minimum atomic E-state index is -0.424. The molecule has 6 heteroatoms. The normalized spacial score (nSPS) is 15.4. The fourth-order valence-electron chi connectivity index (χ4n) is 1.27. The molecule has 0 radical (unpaired) electrons. The van der Waals surface area contributed by atoms with Crippen molar-refractivity contribution < 1.29 is 19.3 Å². The first-order valence-corrected chi connectivity index (χ1v) is 5.04. The molecule has 0 atom stereocenters. The van der Waals surface area contributed by atoms with Gasteiger partial charge >= 0.3 is 11.9 Å². The Labute approximate surface area is 93.3 Å². The summed E-state index contributed by atoms with van der Waals surface area (Å²) in [6.45, 7) is 2.61. The van der Waals surface area contributed by atoms with Gasteiger partial charge in [-0.3, -0.25) is 0 Å². The Morgan fingerprint density at radius 1 is 0.875 bits per heavy atom. The highest BCUT2D eigenvalue weighted by molar-refractivity contribution is 5.98. The van der Waals surface area contributed by atoms with Crippen LogP contribution in [-0.4, -0.2) is 23.4 Å². The van der Waals surface area contributed by atoms with Gasteiger partial charge in [0.25, 0.3) is 0 Å². The molecule has 0 saturated heterocycles. The van der Waals surface area contributed by atoms with Gasteiger partial charge in [-0.25, -0.2) is 9.59 Å². The zero-order valence-electron chi connectivity index (χ0n) is 9.36. The van der Waals surface area contributed by atoms with Gasteiger partial charge in [-0.1, -0.05) is 10.3 Å². The molecule has 0 spiro atoms. The van der Waals surface area contributed by atoms with Gasteiger partial charge in [0.05, 0.1) is 11.4 Å². The summed E-state index contributed by atoms with van der Waals surface area (Å²) in [6.07, 6.45) is 2.70. The third-order valence-electron chi connectivity index (χ3n) is 2.01. The smallest absolute Gasteiger partial charge is 0.319 e. The van der Waals surface area contributed by atoms with E-state index >= 15 is 0 Å². The van der Waals surface area contributed by atoms with Crippen molar-refractivity contribution in [2.45, 2.75) is 39.5 Å². The lowest BCUT2D eigenvalue weighted by atomic mass is 9.97. The molecule has 6 nitrogen and oxygen atoms in total. The first-order chi connectivity index (χ1) is 7.58. The monoisotopic (exact) mass is 226 g/mol. The van der Waals surface area contributed by atoms with E-state index in [1.54, 1.807) is 0 Å². The molecule has 1 saturated carbocycles. The van der Waals surface area contributed by atoms with Crippen LogP contribution in [0.2, 0.25) is 0 Å². The molecular formula is C10H14N2O4. The lowest BCUT2D eigenvalue weighted by Crippen LogP contribution is -2.15.